The predicted octanol–water partition coefficient (Wildman–Crippen LogP) is -3.42. The topological polar surface area (TPSA) is 66.8 Å². The molecule has 0 radical (unpaired) electrons. The molecule has 0 spiro atoms. The van der Waals surface area contributed by atoms with Crippen molar-refractivity contribution >= 4 is 175 Å². The van der Waals surface area contributed by atoms with Crippen molar-refractivity contribution in [2.75, 3.05) is 0 Å². The van der Waals surface area contributed by atoms with E-state index in [1.165, 1.54) is 0 Å². The van der Waals surface area contributed by atoms with Crippen molar-refractivity contribution in [2.24, 2.45) is 0 Å². The standard InChI is InChI=1S/Ba.Ca.ClH2O4P.Mg.Sr.8H/c;;1-5-6(2,3)4;;;;;;;;;;/h;;(H2,2,3,4);;;;;;;;;;. The summed E-state index contributed by atoms with van der Waals surface area (Å²) < 4.78 is 12.4. The Bertz CT molecular complexity index is 89.3. The minimum atomic E-state index is -4.38. The quantitative estimate of drug-likeness (QED) is 0.337. The van der Waals surface area contributed by atoms with E-state index in [0.717, 1.165) is 0 Å². The van der Waals surface area contributed by atoms with Gasteiger partial charge in [0.2, 0.25) is 0 Å². The van der Waals surface area contributed by atoms with Gasteiger partial charge in [-0.2, -0.15) is 4.08 Å². The zero-order valence-corrected chi connectivity index (χ0v) is 4.19. The molecule has 0 saturated heterocycles. The van der Waals surface area contributed by atoms with Gasteiger partial charge in [0.25, 0.3) is 0 Å². The van der Waals surface area contributed by atoms with Crippen molar-refractivity contribution < 1.29 is 18.4 Å². The number of halogens is 1. The van der Waals surface area contributed by atoms with Gasteiger partial charge in [-0.15, -0.1) is 0 Å². The molecule has 4 nitrogen and oxygen atoms in total. The van der Waals surface area contributed by atoms with E-state index in [4.69, 9.17) is 9.79 Å². The van der Waals surface area contributed by atoms with E-state index in [1.54, 1.807) is 0 Å². The van der Waals surface area contributed by atoms with Crippen LogP contribution >= 0.6 is 19.7 Å². The molecule has 10 heteroatoms. The Morgan fingerprint density at radius 2 is 1.50 bits per heavy atom. The molecule has 2 N–H and O–H groups in total. The molecule has 0 heterocycles. The van der Waals surface area contributed by atoms with Crippen LogP contribution in [0.5, 0.6) is 0 Å². The Hall–Kier alpha value is 5.48. The number of hydrogen-bond donors (Lipinski definition) is 2. The molecule has 0 aromatic rings. The second kappa shape index (κ2) is 16.9. The zero-order valence-electron chi connectivity index (χ0n) is 2.54. The van der Waals surface area contributed by atoms with Crippen LogP contribution in [-0.4, -0.2) is 165 Å². The minimum absolute atomic E-state index is 0. The SMILES string of the molecule is O=P(O)(O)OCl.[BaH2].[CaH2].[MgH2].[SrH2]. The zero-order chi connectivity index (χ0) is 5.21. The van der Waals surface area contributed by atoms with Crippen LogP contribution in [0.3, 0.4) is 0 Å². The first kappa shape index (κ1) is 29.6. The van der Waals surface area contributed by atoms with Crippen molar-refractivity contribution in [1.29, 1.82) is 0 Å². The molecule has 0 bridgehead atoms. The van der Waals surface area contributed by atoms with Gasteiger partial charge in [0.1, 0.15) is 0 Å². The molecule has 0 saturated carbocycles. The first-order valence-electron chi connectivity index (χ1n) is 0.919. The van der Waals surface area contributed by atoms with Gasteiger partial charge >= 0.3 is 163 Å². The average molecular weight is 430 g/mol. The van der Waals surface area contributed by atoms with Crippen molar-refractivity contribution in [3.8, 4) is 0 Å². The molecule has 54 valence electrons. The third-order valence-corrected chi connectivity index (χ3v) is 0.809. The van der Waals surface area contributed by atoms with E-state index in [2.05, 4.69) is 15.9 Å². The molecular formula is H10BaCaClMgO4PSr. The van der Waals surface area contributed by atoms with Crippen LogP contribution in [0.4, 0.5) is 0 Å². The van der Waals surface area contributed by atoms with Gasteiger partial charge in [0, 0.05) is 0 Å². The van der Waals surface area contributed by atoms with Crippen LogP contribution < -0.4 is 0 Å². The van der Waals surface area contributed by atoms with Crippen LogP contribution in [0.25, 0.3) is 0 Å². The molecule has 0 aromatic carbocycles. The number of phosphoric acid groups is 1. The Kier molecular flexibility index (Phi) is 49.9. The monoisotopic (exact) mass is 430 g/mol. The van der Waals surface area contributed by atoms with Gasteiger partial charge in [-0.1, -0.05) is 0 Å². The van der Waals surface area contributed by atoms with Crippen molar-refractivity contribution in [3.05, 3.63) is 0 Å². The summed E-state index contributed by atoms with van der Waals surface area (Å²) in [5.41, 5.74) is 0. The van der Waals surface area contributed by atoms with Crippen molar-refractivity contribution in [2.45, 2.75) is 0 Å². The number of hydrogen-bond acceptors (Lipinski definition) is 2. The van der Waals surface area contributed by atoms with E-state index in [-0.39, 0.29) is 155 Å². The maximum atomic E-state index is 9.34. The second-order valence-corrected chi connectivity index (χ2v) is 2.09. The van der Waals surface area contributed by atoms with Crippen LogP contribution in [0.1, 0.15) is 0 Å². The normalized spacial score (nSPS) is 7.10. The van der Waals surface area contributed by atoms with Gasteiger partial charge in [0.05, 0.1) is 11.9 Å². The fourth-order valence-electron chi connectivity index (χ4n) is 0. The molecule has 0 aliphatic heterocycles. The molecule has 0 aliphatic rings. The van der Waals surface area contributed by atoms with Gasteiger partial charge in [-0.25, -0.2) is 4.57 Å². The second-order valence-electron chi connectivity index (χ2n) is 0.560. The molecule has 0 fully saturated rings. The third-order valence-electron chi connectivity index (χ3n) is 0.0899. The Morgan fingerprint density at radius 3 is 1.50 bits per heavy atom. The summed E-state index contributed by atoms with van der Waals surface area (Å²) in [6, 6.07) is 0. The van der Waals surface area contributed by atoms with E-state index < -0.39 is 7.82 Å². The van der Waals surface area contributed by atoms with E-state index >= 15 is 0 Å². The molecular weight excluding hydrogens is 420 g/mol. The van der Waals surface area contributed by atoms with E-state index in [0.29, 0.717) is 0 Å². The summed E-state index contributed by atoms with van der Waals surface area (Å²) in [5.74, 6) is 0. The van der Waals surface area contributed by atoms with Crippen LogP contribution in [-0.2, 0) is 8.64 Å². The Balaban J connectivity index is -0.0000000208. The van der Waals surface area contributed by atoms with Crippen LogP contribution in [0, 0.1) is 0 Å². The molecule has 0 aliphatic carbocycles. The Labute approximate surface area is 187 Å². The van der Waals surface area contributed by atoms with Gasteiger partial charge in [-0.3, -0.25) is 0 Å². The summed E-state index contributed by atoms with van der Waals surface area (Å²) in [6.07, 6.45) is 0. The fourth-order valence-corrected chi connectivity index (χ4v) is 0. The fraction of sp³-hybridized carbons (Fsp3) is 0. The number of rotatable bonds is 1. The van der Waals surface area contributed by atoms with Crippen molar-refractivity contribution in [1.82, 2.24) is 0 Å². The molecule has 0 unspecified atom stereocenters. The summed E-state index contributed by atoms with van der Waals surface area (Å²) in [6.45, 7) is 0. The van der Waals surface area contributed by atoms with Gasteiger partial charge < -0.3 is 9.79 Å². The first-order chi connectivity index (χ1) is 2.56. The molecule has 0 rings (SSSR count). The van der Waals surface area contributed by atoms with Crippen molar-refractivity contribution in [3.63, 3.8) is 0 Å². The summed E-state index contributed by atoms with van der Waals surface area (Å²) in [4.78, 5) is 15.2. The maximum absolute atomic E-state index is 9.34. The predicted molar refractivity (Wildman–Crippen MR) is 53.2 cm³/mol. The molecule has 10 heavy (non-hydrogen) atoms. The Morgan fingerprint density at radius 1 is 1.40 bits per heavy atom. The van der Waals surface area contributed by atoms with Gasteiger partial charge in [0.15, 0.2) is 0 Å². The average Bonchev–Trinajstić information content (AvgIpc) is 1.35. The van der Waals surface area contributed by atoms with E-state index in [1.807, 2.05) is 0 Å². The molecule has 0 amide bonds. The van der Waals surface area contributed by atoms with Crippen LogP contribution in [0.2, 0.25) is 0 Å². The summed E-state index contributed by atoms with van der Waals surface area (Å²) >= 11 is 4.21. The first-order valence-corrected chi connectivity index (χ1v) is 2.76. The summed E-state index contributed by atoms with van der Waals surface area (Å²) in [5, 5.41) is 0. The van der Waals surface area contributed by atoms with E-state index in [9.17, 15) is 4.57 Å². The molecule has 0 aromatic heterocycles. The summed E-state index contributed by atoms with van der Waals surface area (Å²) in [7, 11) is -4.38. The van der Waals surface area contributed by atoms with Crippen LogP contribution in [0.15, 0.2) is 0 Å². The molecule has 0 atom stereocenters. The third kappa shape index (κ3) is 29.2. The van der Waals surface area contributed by atoms with Gasteiger partial charge in [-0.05, 0) is 0 Å².